The van der Waals surface area contributed by atoms with Gasteiger partial charge >= 0.3 is 0 Å². The first-order valence-electron chi connectivity index (χ1n) is 9.98. The standard InChI is InChI=1S/C21H25N3O4S/c1-27-19-12-16-15-4-2-3-5-17(15)28-18(16)13-20(19)29(25,26)24-10-6-21(7-11-24)14-22-8-9-23-21/h2-5,12-13,22-23H,6-11,14H2,1H3. The molecule has 2 aromatic carbocycles. The summed E-state index contributed by atoms with van der Waals surface area (Å²) in [5.41, 5.74) is 1.28. The number of rotatable bonds is 3. The number of sulfonamides is 1. The van der Waals surface area contributed by atoms with Crippen molar-refractivity contribution in [2.75, 3.05) is 39.8 Å². The van der Waals surface area contributed by atoms with Crippen molar-refractivity contribution in [3.8, 4) is 5.75 Å². The fourth-order valence-corrected chi connectivity index (χ4v) is 6.14. The van der Waals surface area contributed by atoms with Gasteiger partial charge in [-0.2, -0.15) is 4.31 Å². The second kappa shape index (κ2) is 6.98. The summed E-state index contributed by atoms with van der Waals surface area (Å²) in [5, 5.41) is 8.80. The van der Waals surface area contributed by atoms with Crippen molar-refractivity contribution in [3.05, 3.63) is 36.4 Å². The molecule has 0 amide bonds. The molecule has 154 valence electrons. The van der Waals surface area contributed by atoms with Crippen molar-refractivity contribution in [3.63, 3.8) is 0 Å². The Balaban J connectivity index is 1.51. The molecule has 2 fully saturated rings. The molecule has 0 aliphatic carbocycles. The molecule has 0 unspecified atom stereocenters. The maximum Gasteiger partial charge on any atom is 0.246 e. The molecule has 2 aliphatic rings. The summed E-state index contributed by atoms with van der Waals surface area (Å²) in [6, 6.07) is 11.1. The van der Waals surface area contributed by atoms with Gasteiger partial charge in [-0.05, 0) is 25.0 Å². The Labute approximate surface area is 170 Å². The lowest BCUT2D eigenvalue weighted by atomic mass is 9.87. The van der Waals surface area contributed by atoms with Gasteiger partial charge in [-0.15, -0.1) is 0 Å². The SMILES string of the molecule is COc1cc2c(cc1S(=O)(=O)N1CCC3(CC1)CNCCN3)oc1ccccc12. The van der Waals surface area contributed by atoms with Gasteiger partial charge in [-0.1, -0.05) is 18.2 Å². The topological polar surface area (TPSA) is 83.8 Å². The summed E-state index contributed by atoms with van der Waals surface area (Å²) >= 11 is 0. The van der Waals surface area contributed by atoms with Crippen LogP contribution in [0, 0.1) is 0 Å². The van der Waals surface area contributed by atoms with Crippen LogP contribution >= 0.6 is 0 Å². The van der Waals surface area contributed by atoms with Crippen LogP contribution in [0.2, 0.25) is 0 Å². The molecule has 29 heavy (non-hydrogen) atoms. The van der Waals surface area contributed by atoms with Crippen LogP contribution in [0.4, 0.5) is 0 Å². The van der Waals surface area contributed by atoms with Crippen molar-refractivity contribution in [1.82, 2.24) is 14.9 Å². The molecule has 5 rings (SSSR count). The number of nitrogens with zero attached hydrogens (tertiary/aromatic N) is 1. The zero-order valence-corrected chi connectivity index (χ0v) is 17.2. The van der Waals surface area contributed by atoms with Crippen LogP contribution in [0.1, 0.15) is 12.8 Å². The lowest BCUT2D eigenvalue weighted by Gasteiger charge is -2.44. The van der Waals surface area contributed by atoms with E-state index in [1.54, 1.807) is 16.4 Å². The first-order valence-corrected chi connectivity index (χ1v) is 11.4. The Hall–Kier alpha value is -2.13. The second-order valence-electron chi connectivity index (χ2n) is 7.89. The van der Waals surface area contributed by atoms with Gasteiger partial charge in [0.25, 0.3) is 0 Å². The molecular formula is C21H25N3O4S. The Morgan fingerprint density at radius 3 is 2.59 bits per heavy atom. The van der Waals surface area contributed by atoms with E-state index < -0.39 is 10.0 Å². The number of benzene rings is 2. The summed E-state index contributed by atoms with van der Waals surface area (Å²) < 4.78 is 39.9. The number of ether oxygens (including phenoxy) is 1. The van der Waals surface area contributed by atoms with Crippen LogP contribution in [0.15, 0.2) is 45.7 Å². The van der Waals surface area contributed by atoms with Gasteiger partial charge in [0, 0.05) is 55.1 Å². The lowest BCUT2D eigenvalue weighted by Crippen LogP contribution is -2.63. The van der Waals surface area contributed by atoms with Gasteiger partial charge < -0.3 is 19.8 Å². The summed E-state index contributed by atoms with van der Waals surface area (Å²) in [4.78, 5) is 0.164. The highest BCUT2D eigenvalue weighted by atomic mass is 32.2. The average Bonchev–Trinajstić information content (AvgIpc) is 3.11. The fourth-order valence-electron chi connectivity index (χ4n) is 4.55. The number of fused-ring (bicyclic) bond motifs is 3. The minimum Gasteiger partial charge on any atom is -0.495 e. The average molecular weight is 416 g/mol. The molecule has 3 heterocycles. The molecule has 0 radical (unpaired) electrons. The van der Waals surface area contributed by atoms with Gasteiger partial charge in [-0.25, -0.2) is 8.42 Å². The number of para-hydroxylation sites is 1. The fraction of sp³-hybridized carbons (Fsp3) is 0.429. The Kier molecular flexibility index (Phi) is 4.54. The van der Waals surface area contributed by atoms with E-state index in [9.17, 15) is 8.42 Å². The van der Waals surface area contributed by atoms with E-state index >= 15 is 0 Å². The quantitative estimate of drug-likeness (QED) is 0.683. The monoisotopic (exact) mass is 415 g/mol. The van der Waals surface area contributed by atoms with Crippen molar-refractivity contribution in [2.45, 2.75) is 23.3 Å². The smallest absolute Gasteiger partial charge is 0.246 e. The van der Waals surface area contributed by atoms with E-state index in [0.29, 0.717) is 24.4 Å². The molecular weight excluding hydrogens is 390 g/mol. The largest absolute Gasteiger partial charge is 0.495 e. The first kappa shape index (κ1) is 18.9. The van der Waals surface area contributed by atoms with Crippen molar-refractivity contribution >= 4 is 32.0 Å². The molecule has 7 nitrogen and oxygen atoms in total. The number of piperidine rings is 1. The van der Waals surface area contributed by atoms with E-state index in [-0.39, 0.29) is 10.4 Å². The molecule has 2 aliphatic heterocycles. The molecule has 8 heteroatoms. The van der Waals surface area contributed by atoms with Gasteiger partial charge in [0.15, 0.2) is 0 Å². The van der Waals surface area contributed by atoms with Crippen LogP contribution in [-0.2, 0) is 10.0 Å². The van der Waals surface area contributed by atoms with E-state index in [4.69, 9.17) is 9.15 Å². The van der Waals surface area contributed by atoms with E-state index in [2.05, 4.69) is 10.6 Å². The van der Waals surface area contributed by atoms with E-state index in [1.807, 2.05) is 24.3 Å². The van der Waals surface area contributed by atoms with Crippen molar-refractivity contribution in [1.29, 1.82) is 0 Å². The van der Waals surface area contributed by atoms with Crippen LogP contribution in [0.5, 0.6) is 5.75 Å². The molecule has 0 bridgehead atoms. The van der Waals surface area contributed by atoms with Gasteiger partial charge in [0.2, 0.25) is 10.0 Å². The van der Waals surface area contributed by atoms with E-state index in [1.165, 1.54) is 7.11 Å². The zero-order chi connectivity index (χ0) is 20.1. The van der Waals surface area contributed by atoms with Gasteiger partial charge in [-0.3, -0.25) is 0 Å². The normalized spacial score (nSPS) is 20.4. The molecule has 1 spiro atoms. The maximum atomic E-state index is 13.5. The van der Waals surface area contributed by atoms with Crippen molar-refractivity contribution in [2.24, 2.45) is 0 Å². The summed E-state index contributed by atoms with van der Waals surface area (Å²) in [6.45, 7) is 3.73. The Morgan fingerprint density at radius 2 is 1.86 bits per heavy atom. The van der Waals surface area contributed by atoms with Crippen molar-refractivity contribution < 1.29 is 17.6 Å². The number of piperazine rings is 1. The number of hydrogen-bond acceptors (Lipinski definition) is 6. The number of methoxy groups -OCH3 is 1. The molecule has 1 aromatic heterocycles. The first-order chi connectivity index (χ1) is 14.0. The predicted octanol–water partition coefficient (Wildman–Crippen LogP) is 2.31. The highest BCUT2D eigenvalue weighted by Crippen LogP contribution is 2.38. The van der Waals surface area contributed by atoms with Crippen LogP contribution < -0.4 is 15.4 Å². The number of hydrogen-bond donors (Lipinski definition) is 2. The summed E-state index contributed by atoms with van der Waals surface area (Å²) in [6.07, 6.45) is 1.57. The molecule has 2 N–H and O–H groups in total. The van der Waals surface area contributed by atoms with Crippen LogP contribution in [0.25, 0.3) is 21.9 Å². The molecule has 0 atom stereocenters. The third-order valence-corrected chi connectivity index (χ3v) is 8.15. The third kappa shape index (κ3) is 3.11. The molecule has 2 saturated heterocycles. The summed E-state index contributed by atoms with van der Waals surface area (Å²) in [5.74, 6) is 0.349. The Bertz CT molecular complexity index is 1160. The zero-order valence-electron chi connectivity index (χ0n) is 16.4. The maximum absolute atomic E-state index is 13.5. The van der Waals surface area contributed by atoms with Gasteiger partial charge in [0.05, 0.1) is 7.11 Å². The number of nitrogens with one attached hydrogen (secondary N) is 2. The second-order valence-corrected chi connectivity index (χ2v) is 9.79. The highest BCUT2D eigenvalue weighted by molar-refractivity contribution is 7.89. The highest BCUT2D eigenvalue weighted by Gasteiger charge is 2.40. The number of furan rings is 1. The summed E-state index contributed by atoms with van der Waals surface area (Å²) in [7, 11) is -2.18. The molecule has 3 aromatic rings. The van der Waals surface area contributed by atoms with E-state index in [0.717, 1.165) is 48.8 Å². The lowest BCUT2D eigenvalue weighted by molar-refractivity contribution is 0.169. The Morgan fingerprint density at radius 1 is 1.07 bits per heavy atom. The minimum atomic E-state index is -3.69. The predicted molar refractivity (Wildman–Crippen MR) is 112 cm³/mol. The molecule has 0 saturated carbocycles. The third-order valence-electron chi connectivity index (χ3n) is 6.23. The van der Waals surface area contributed by atoms with Gasteiger partial charge in [0.1, 0.15) is 21.8 Å². The van der Waals surface area contributed by atoms with Crippen LogP contribution in [0.3, 0.4) is 0 Å². The van der Waals surface area contributed by atoms with Crippen LogP contribution in [-0.4, -0.2) is 58.1 Å². The minimum absolute atomic E-state index is 0.00293.